The van der Waals surface area contributed by atoms with E-state index in [9.17, 15) is 9.59 Å². The van der Waals surface area contributed by atoms with E-state index in [4.69, 9.17) is 4.74 Å². The number of para-hydroxylation sites is 1. The number of piperidine rings is 1. The smallest absolute Gasteiger partial charge is 0.253 e. The molecule has 0 bridgehead atoms. The lowest BCUT2D eigenvalue weighted by Gasteiger charge is -2.43. The highest BCUT2D eigenvalue weighted by molar-refractivity contribution is 5.95. The molecule has 0 radical (unpaired) electrons. The van der Waals surface area contributed by atoms with Crippen molar-refractivity contribution in [1.82, 2.24) is 15.1 Å². The Morgan fingerprint density at radius 3 is 2.33 bits per heavy atom. The zero-order chi connectivity index (χ0) is 27.2. The summed E-state index contributed by atoms with van der Waals surface area (Å²) >= 11 is 0. The molecule has 2 aliphatic heterocycles. The van der Waals surface area contributed by atoms with E-state index in [-0.39, 0.29) is 11.8 Å². The molecule has 0 atom stereocenters. The topological polar surface area (TPSA) is 65.1 Å². The number of rotatable bonds is 9. The van der Waals surface area contributed by atoms with Crippen LogP contribution >= 0.6 is 0 Å². The molecule has 204 valence electrons. The van der Waals surface area contributed by atoms with Crippen molar-refractivity contribution in [3.8, 4) is 16.9 Å². The highest BCUT2D eigenvalue weighted by Crippen LogP contribution is 2.36. The molecule has 2 saturated heterocycles. The predicted molar refractivity (Wildman–Crippen MR) is 155 cm³/mol. The zero-order valence-corrected chi connectivity index (χ0v) is 22.9. The molecule has 2 heterocycles. The average Bonchev–Trinajstić information content (AvgIpc) is 3.30. The van der Waals surface area contributed by atoms with Crippen LogP contribution in [0, 0.1) is 0 Å². The first-order valence-electron chi connectivity index (χ1n) is 14.0. The van der Waals surface area contributed by atoms with Crippen molar-refractivity contribution >= 4 is 17.5 Å². The molecule has 1 N–H and O–H groups in total. The molecule has 7 nitrogen and oxygen atoms in total. The SMILES string of the molecule is CCN(CC)C(=O)c1cccc(-c2cccc(OCCN3CCC4(CC3)C(=O)NCN4c3ccccc3)c2)c1. The van der Waals surface area contributed by atoms with Crippen LogP contribution in [0.15, 0.2) is 78.9 Å². The van der Waals surface area contributed by atoms with Crippen molar-refractivity contribution in [2.45, 2.75) is 32.2 Å². The molecule has 0 aliphatic carbocycles. The van der Waals surface area contributed by atoms with Gasteiger partial charge >= 0.3 is 0 Å². The lowest BCUT2D eigenvalue weighted by Crippen LogP contribution is -2.56. The summed E-state index contributed by atoms with van der Waals surface area (Å²) < 4.78 is 6.14. The molecule has 39 heavy (non-hydrogen) atoms. The van der Waals surface area contributed by atoms with E-state index < -0.39 is 5.54 Å². The molecule has 0 saturated carbocycles. The van der Waals surface area contributed by atoms with Crippen LogP contribution in [0.25, 0.3) is 11.1 Å². The van der Waals surface area contributed by atoms with Gasteiger partial charge in [-0.1, -0.05) is 42.5 Å². The monoisotopic (exact) mass is 526 g/mol. The van der Waals surface area contributed by atoms with Crippen molar-refractivity contribution in [2.24, 2.45) is 0 Å². The Kier molecular flexibility index (Phi) is 8.17. The number of benzene rings is 3. The van der Waals surface area contributed by atoms with Crippen molar-refractivity contribution in [1.29, 1.82) is 0 Å². The van der Waals surface area contributed by atoms with Gasteiger partial charge in [0.15, 0.2) is 0 Å². The van der Waals surface area contributed by atoms with E-state index in [2.05, 4.69) is 27.2 Å². The fourth-order valence-corrected chi connectivity index (χ4v) is 5.76. The lowest BCUT2D eigenvalue weighted by atomic mass is 9.85. The van der Waals surface area contributed by atoms with E-state index in [0.29, 0.717) is 31.9 Å². The van der Waals surface area contributed by atoms with Crippen molar-refractivity contribution < 1.29 is 14.3 Å². The summed E-state index contributed by atoms with van der Waals surface area (Å²) in [5, 5.41) is 3.07. The molecular formula is C32H38N4O3. The van der Waals surface area contributed by atoms with Crippen LogP contribution < -0.4 is 15.0 Å². The van der Waals surface area contributed by atoms with Gasteiger partial charge in [-0.15, -0.1) is 0 Å². The molecule has 1 spiro atoms. The molecule has 3 aromatic rings. The third-order valence-electron chi connectivity index (χ3n) is 8.09. The van der Waals surface area contributed by atoms with Gasteiger partial charge in [-0.2, -0.15) is 0 Å². The number of hydrogen-bond acceptors (Lipinski definition) is 5. The van der Waals surface area contributed by atoms with Crippen LogP contribution in [0.2, 0.25) is 0 Å². The molecule has 0 unspecified atom stereocenters. The number of nitrogens with zero attached hydrogens (tertiary/aromatic N) is 3. The Morgan fingerprint density at radius 2 is 1.62 bits per heavy atom. The average molecular weight is 527 g/mol. The molecule has 3 aromatic carbocycles. The Morgan fingerprint density at radius 1 is 0.923 bits per heavy atom. The summed E-state index contributed by atoms with van der Waals surface area (Å²) in [6.45, 7) is 9.04. The number of carbonyl (C=O) groups excluding carboxylic acids is 2. The van der Waals surface area contributed by atoms with Crippen LogP contribution in [-0.2, 0) is 4.79 Å². The lowest BCUT2D eigenvalue weighted by molar-refractivity contribution is -0.125. The fraction of sp³-hybridized carbons (Fsp3) is 0.375. The van der Waals surface area contributed by atoms with Crippen LogP contribution in [0.4, 0.5) is 5.69 Å². The fourth-order valence-electron chi connectivity index (χ4n) is 5.76. The maximum atomic E-state index is 12.9. The van der Waals surface area contributed by atoms with Gasteiger partial charge in [0.2, 0.25) is 5.91 Å². The summed E-state index contributed by atoms with van der Waals surface area (Å²) in [5.41, 5.74) is 3.35. The van der Waals surface area contributed by atoms with Gasteiger partial charge < -0.3 is 19.9 Å². The molecule has 2 amide bonds. The van der Waals surface area contributed by atoms with Crippen LogP contribution in [0.5, 0.6) is 5.75 Å². The van der Waals surface area contributed by atoms with Gasteiger partial charge in [0.05, 0.1) is 6.67 Å². The number of carbonyl (C=O) groups is 2. The number of anilines is 1. The van der Waals surface area contributed by atoms with Crippen molar-refractivity contribution in [2.75, 3.05) is 50.9 Å². The number of ether oxygens (including phenoxy) is 1. The third kappa shape index (κ3) is 5.64. The van der Waals surface area contributed by atoms with Gasteiger partial charge in [0.25, 0.3) is 5.91 Å². The maximum absolute atomic E-state index is 12.9. The molecule has 2 aliphatic rings. The minimum Gasteiger partial charge on any atom is -0.492 e. The van der Waals surface area contributed by atoms with E-state index in [0.717, 1.165) is 55.0 Å². The van der Waals surface area contributed by atoms with Crippen LogP contribution in [0.1, 0.15) is 37.0 Å². The first-order valence-corrected chi connectivity index (χ1v) is 14.0. The second-order valence-corrected chi connectivity index (χ2v) is 10.2. The van der Waals surface area contributed by atoms with Crippen LogP contribution in [0.3, 0.4) is 0 Å². The standard InChI is InChI=1S/C32H38N4O3/c1-3-35(4-2)30(37)27-12-8-10-25(22-27)26-11-9-15-29(23-26)39-21-20-34-18-16-32(17-19-34)31(38)33-24-36(32)28-13-6-5-7-14-28/h5-15,22-23H,3-4,16-21,24H2,1-2H3,(H,33,38). The Hall–Kier alpha value is -3.84. The maximum Gasteiger partial charge on any atom is 0.253 e. The third-order valence-corrected chi connectivity index (χ3v) is 8.09. The minimum absolute atomic E-state index is 0.0551. The zero-order valence-electron chi connectivity index (χ0n) is 22.9. The van der Waals surface area contributed by atoms with E-state index >= 15 is 0 Å². The molecular weight excluding hydrogens is 488 g/mol. The summed E-state index contributed by atoms with van der Waals surface area (Å²) in [6, 6.07) is 26.1. The summed E-state index contributed by atoms with van der Waals surface area (Å²) in [5.74, 6) is 1.01. The minimum atomic E-state index is -0.464. The number of hydrogen-bond donors (Lipinski definition) is 1. The Balaban J connectivity index is 1.17. The van der Waals surface area contributed by atoms with E-state index in [1.165, 1.54) is 0 Å². The van der Waals surface area contributed by atoms with Crippen molar-refractivity contribution in [3.05, 3.63) is 84.4 Å². The number of nitrogens with one attached hydrogen (secondary N) is 1. The highest BCUT2D eigenvalue weighted by Gasteiger charge is 2.50. The Labute approximate surface area is 231 Å². The van der Waals surface area contributed by atoms with Gasteiger partial charge in [0, 0.05) is 44.0 Å². The molecule has 5 rings (SSSR count). The van der Waals surface area contributed by atoms with E-state index in [1.807, 2.05) is 85.5 Å². The Bertz CT molecular complexity index is 1280. The number of amides is 2. The van der Waals surface area contributed by atoms with Crippen LogP contribution in [-0.4, -0.2) is 73.2 Å². The number of likely N-dealkylation sites (tertiary alicyclic amines) is 1. The van der Waals surface area contributed by atoms with Crippen molar-refractivity contribution in [3.63, 3.8) is 0 Å². The highest BCUT2D eigenvalue weighted by atomic mass is 16.5. The first kappa shape index (κ1) is 26.8. The van der Waals surface area contributed by atoms with Gasteiger partial charge in [-0.05, 0) is 74.2 Å². The normalized spacial score (nSPS) is 16.8. The van der Waals surface area contributed by atoms with Gasteiger partial charge in [-0.3, -0.25) is 14.5 Å². The molecule has 0 aromatic heterocycles. The van der Waals surface area contributed by atoms with Gasteiger partial charge in [-0.25, -0.2) is 0 Å². The first-order chi connectivity index (χ1) is 19.0. The summed E-state index contributed by atoms with van der Waals surface area (Å²) in [4.78, 5) is 32.2. The predicted octanol–water partition coefficient (Wildman–Crippen LogP) is 4.64. The van der Waals surface area contributed by atoms with Gasteiger partial charge in [0.1, 0.15) is 17.9 Å². The largest absolute Gasteiger partial charge is 0.492 e. The summed E-state index contributed by atoms with van der Waals surface area (Å²) in [7, 11) is 0. The second-order valence-electron chi connectivity index (χ2n) is 10.2. The molecule has 7 heteroatoms. The van der Waals surface area contributed by atoms with E-state index in [1.54, 1.807) is 0 Å². The quantitative estimate of drug-likeness (QED) is 0.440. The molecule has 2 fully saturated rings. The second kappa shape index (κ2) is 11.9. The summed E-state index contributed by atoms with van der Waals surface area (Å²) in [6.07, 6.45) is 1.59.